The predicted molar refractivity (Wildman–Crippen MR) is 129 cm³/mol. The van der Waals surface area contributed by atoms with E-state index in [9.17, 15) is 9.59 Å². The molecule has 3 aliphatic rings. The number of hydrogen-bond acceptors (Lipinski definition) is 6. The van der Waals surface area contributed by atoms with Crippen LogP contribution in [0.3, 0.4) is 0 Å². The number of amides is 1. The number of esters is 1. The second-order valence-corrected chi connectivity index (χ2v) is 10.6. The average molecular weight is 462 g/mol. The Labute approximate surface area is 197 Å². The van der Waals surface area contributed by atoms with E-state index in [4.69, 9.17) is 4.74 Å². The van der Waals surface area contributed by atoms with E-state index < -0.39 is 0 Å². The van der Waals surface area contributed by atoms with Gasteiger partial charge in [0, 0.05) is 41.1 Å². The highest BCUT2D eigenvalue weighted by molar-refractivity contribution is 7.23. The quantitative estimate of drug-likeness (QED) is 0.541. The lowest BCUT2D eigenvalue weighted by atomic mass is 9.77. The van der Waals surface area contributed by atoms with Crippen LogP contribution in [-0.2, 0) is 22.6 Å². The molecule has 0 N–H and O–H groups in total. The molecule has 3 aromatic rings. The molecule has 3 aliphatic heterocycles. The van der Waals surface area contributed by atoms with Crippen LogP contribution >= 0.6 is 11.3 Å². The van der Waals surface area contributed by atoms with Gasteiger partial charge in [0.25, 0.3) is 0 Å². The molecule has 33 heavy (non-hydrogen) atoms. The van der Waals surface area contributed by atoms with Gasteiger partial charge in [0.2, 0.25) is 5.91 Å². The summed E-state index contributed by atoms with van der Waals surface area (Å²) in [6.45, 7) is 6.20. The zero-order valence-corrected chi connectivity index (χ0v) is 19.6. The third kappa shape index (κ3) is 3.45. The van der Waals surface area contributed by atoms with E-state index in [0.717, 1.165) is 73.4 Å². The van der Waals surface area contributed by atoms with Crippen molar-refractivity contribution in [1.82, 2.24) is 9.88 Å². The minimum absolute atomic E-state index is 0.202. The number of ether oxygens (including phenoxy) is 1. The molecule has 6 nitrogen and oxygen atoms in total. The summed E-state index contributed by atoms with van der Waals surface area (Å²) >= 11 is 1.69. The Morgan fingerprint density at radius 1 is 1.12 bits per heavy atom. The topological polar surface area (TPSA) is 62.7 Å². The Balaban J connectivity index is 1.09. The molecule has 0 unspecified atom stereocenters. The van der Waals surface area contributed by atoms with Crippen LogP contribution in [0, 0.1) is 12.3 Å². The van der Waals surface area contributed by atoms with Gasteiger partial charge in [-0.25, -0.2) is 4.79 Å². The van der Waals surface area contributed by atoms with E-state index in [1.165, 1.54) is 15.8 Å². The largest absolute Gasteiger partial charge is 0.457 e. The number of benzene rings is 1. The van der Waals surface area contributed by atoms with Crippen molar-refractivity contribution < 1.29 is 14.3 Å². The lowest BCUT2D eigenvalue weighted by Crippen LogP contribution is -2.45. The molecule has 1 spiro atoms. The van der Waals surface area contributed by atoms with Crippen LogP contribution in [0.15, 0.2) is 36.7 Å². The van der Waals surface area contributed by atoms with Gasteiger partial charge in [0.1, 0.15) is 6.61 Å². The van der Waals surface area contributed by atoms with Gasteiger partial charge in [-0.2, -0.15) is 0 Å². The summed E-state index contributed by atoms with van der Waals surface area (Å²) in [5.74, 6) is 0.101. The van der Waals surface area contributed by atoms with E-state index in [1.807, 2.05) is 29.4 Å². The molecule has 0 aliphatic carbocycles. The van der Waals surface area contributed by atoms with Crippen molar-refractivity contribution >= 4 is 38.3 Å². The number of rotatable bonds is 4. The Bertz CT molecular complexity index is 1230. The fraction of sp³-hybridized carbons (Fsp3) is 0.423. The Morgan fingerprint density at radius 2 is 1.94 bits per heavy atom. The molecule has 0 radical (unpaired) electrons. The number of fused-ring (bicyclic) bond motifs is 2. The van der Waals surface area contributed by atoms with Gasteiger partial charge in [0.05, 0.1) is 16.0 Å². The Hall–Kier alpha value is -2.77. The van der Waals surface area contributed by atoms with E-state index in [-0.39, 0.29) is 11.4 Å². The molecule has 2 saturated heterocycles. The zero-order valence-electron chi connectivity index (χ0n) is 18.8. The molecule has 6 rings (SSSR count). The Morgan fingerprint density at radius 3 is 2.76 bits per heavy atom. The number of piperidine rings is 1. The number of pyridine rings is 1. The molecule has 7 heteroatoms. The smallest absolute Gasteiger partial charge is 0.338 e. The second kappa shape index (κ2) is 7.92. The number of nitrogens with zero attached hydrogens (tertiary/aromatic N) is 3. The highest BCUT2D eigenvalue weighted by Crippen LogP contribution is 2.45. The first-order valence-electron chi connectivity index (χ1n) is 11.7. The van der Waals surface area contributed by atoms with Crippen molar-refractivity contribution in [2.24, 2.45) is 5.41 Å². The zero-order chi connectivity index (χ0) is 22.6. The number of carbonyl (C=O) groups is 2. The van der Waals surface area contributed by atoms with Gasteiger partial charge in [-0.1, -0.05) is 6.07 Å². The predicted octanol–water partition coefficient (Wildman–Crippen LogP) is 4.34. The van der Waals surface area contributed by atoms with E-state index >= 15 is 0 Å². The molecule has 1 amide bonds. The minimum atomic E-state index is -0.205. The van der Waals surface area contributed by atoms with Gasteiger partial charge in [-0.15, -0.1) is 11.3 Å². The molecule has 5 heterocycles. The molecule has 170 valence electrons. The summed E-state index contributed by atoms with van der Waals surface area (Å²) in [5, 5.41) is 2.16. The van der Waals surface area contributed by atoms with Crippen molar-refractivity contribution in [1.29, 1.82) is 0 Å². The van der Waals surface area contributed by atoms with Crippen LogP contribution in [0.4, 0.5) is 5.00 Å². The molecule has 2 aromatic heterocycles. The van der Waals surface area contributed by atoms with Crippen molar-refractivity contribution in [3.05, 3.63) is 58.9 Å². The maximum atomic E-state index is 13.5. The normalized spacial score (nSPS) is 20.1. The van der Waals surface area contributed by atoms with Crippen LogP contribution in [0.1, 0.15) is 46.3 Å². The number of anilines is 1. The fourth-order valence-corrected chi connectivity index (χ4v) is 6.70. The molecule has 0 saturated carbocycles. The van der Waals surface area contributed by atoms with Crippen LogP contribution in [0.5, 0.6) is 0 Å². The highest BCUT2D eigenvalue weighted by Gasteiger charge is 2.48. The minimum Gasteiger partial charge on any atom is -0.457 e. The monoisotopic (exact) mass is 461 g/mol. The number of aromatic nitrogens is 1. The Kier molecular flexibility index (Phi) is 4.99. The average Bonchev–Trinajstić information content (AvgIpc) is 3.51. The van der Waals surface area contributed by atoms with Gasteiger partial charge in [0.15, 0.2) is 0 Å². The van der Waals surface area contributed by atoms with Gasteiger partial charge in [-0.05, 0) is 75.0 Å². The summed E-state index contributed by atoms with van der Waals surface area (Å²) in [6.07, 6.45) is 7.45. The fourth-order valence-electron chi connectivity index (χ4n) is 5.65. The molecule has 2 fully saturated rings. The highest BCUT2D eigenvalue weighted by atomic mass is 32.1. The van der Waals surface area contributed by atoms with E-state index in [2.05, 4.69) is 28.9 Å². The van der Waals surface area contributed by atoms with Gasteiger partial charge >= 0.3 is 5.97 Å². The van der Waals surface area contributed by atoms with Gasteiger partial charge < -0.3 is 14.5 Å². The summed E-state index contributed by atoms with van der Waals surface area (Å²) in [7, 11) is 0. The number of likely N-dealkylation sites (tertiary alicyclic amines) is 1. The van der Waals surface area contributed by atoms with Crippen LogP contribution in [0.2, 0.25) is 0 Å². The standard InChI is InChI=1S/C26H27N3O3S/c1-17-18(2-3-20-21(17)16-32-24(20)30)5-10-28-11-6-26(7-12-28)8-13-29(25(26)31)23-14-19-15-27-9-4-22(19)33-23/h2-4,9,14-15H,5-8,10-13,16H2,1H3. The molecule has 1 aromatic carbocycles. The lowest BCUT2D eigenvalue weighted by Gasteiger charge is -2.38. The first kappa shape index (κ1) is 20.8. The molecular weight excluding hydrogens is 434 g/mol. The maximum Gasteiger partial charge on any atom is 0.338 e. The first-order valence-corrected chi connectivity index (χ1v) is 12.5. The van der Waals surface area contributed by atoms with E-state index in [1.54, 1.807) is 11.3 Å². The summed E-state index contributed by atoms with van der Waals surface area (Å²) in [5.41, 5.74) is 4.03. The lowest BCUT2D eigenvalue weighted by molar-refractivity contribution is -0.127. The van der Waals surface area contributed by atoms with Crippen LogP contribution in [0.25, 0.3) is 10.1 Å². The van der Waals surface area contributed by atoms with Crippen molar-refractivity contribution in [2.45, 2.75) is 39.2 Å². The van der Waals surface area contributed by atoms with Crippen molar-refractivity contribution in [3.63, 3.8) is 0 Å². The molecule has 0 atom stereocenters. The first-order chi connectivity index (χ1) is 16.0. The van der Waals surface area contributed by atoms with Crippen LogP contribution in [-0.4, -0.2) is 47.9 Å². The van der Waals surface area contributed by atoms with Crippen molar-refractivity contribution in [2.75, 3.05) is 31.1 Å². The van der Waals surface area contributed by atoms with Crippen molar-refractivity contribution in [3.8, 4) is 0 Å². The van der Waals surface area contributed by atoms with Gasteiger partial charge in [-0.3, -0.25) is 9.78 Å². The van der Waals surface area contributed by atoms with E-state index in [0.29, 0.717) is 12.5 Å². The maximum absolute atomic E-state index is 13.5. The third-order valence-corrected chi connectivity index (χ3v) is 9.01. The summed E-state index contributed by atoms with van der Waals surface area (Å²) in [6, 6.07) is 8.11. The number of cyclic esters (lactones) is 1. The molecule has 0 bridgehead atoms. The SMILES string of the molecule is Cc1c(CCN2CCC3(CC2)CCN(c2cc4cnccc4s2)C3=O)ccc2c1COC2=O. The summed E-state index contributed by atoms with van der Waals surface area (Å²) < 4.78 is 6.37. The molecular formula is C26H27N3O3S. The number of thiophene rings is 1. The van der Waals surface area contributed by atoms with Crippen LogP contribution < -0.4 is 4.90 Å². The third-order valence-electron chi connectivity index (χ3n) is 7.87. The number of hydrogen-bond donors (Lipinski definition) is 0. The second-order valence-electron chi connectivity index (χ2n) is 9.53. The summed E-state index contributed by atoms with van der Waals surface area (Å²) in [4.78, 5) is 34.0. The number of carbonyl (C=O) groups excluding carboxylic acids is 2.